The maximum atomic E-state index is 14.0. The normalized spacial score (nSPS) is 20.0. The van der Waals surface area contributed by atoms with Gasteiger partial charge in [-0.2, -0.15) is 0 Å². The van der Waals surface area contributed by atoms with Crippen LogP contribution in [-0.2, 0) is 14.4 Å². The van der Waals surface area contributed by atoms with E-state index < -0.39 is 125 Å². The molecule has 3 saturated carbocycles. The highest BCUT2D eigenvalue weighted by Gasteiger charge is 2.60. The molecule has 24 heteroatoms. The smallest absolute Gasteiger partial charge is 0.406 e. The minimum atomic E-state index is -4.80. The van der Waals surface area contributed by atoms with E-state index in [-0.39, 0.29) is 38.5 Å². The van der Waals surface area contributed by atoms with Crippen LogP contribution in [0.3, 0.4) is 0 Å². The van der Waals surface area contributed by atoms with Crippen molar-refractivity contribution in [3.63, 3.8) is 0 Å². The number of halogens is 12. The van der Waals surface area contributed by atoms with Crippen molar-refractivity contribution >= 4 is 17.7 Å². The molecule has 0 bridgehead atoms. The standard InChI is InChI=1S/3C16H19F4NO3/c3*1-10(11-4-3-5-12(8-11)24-16(18,19)20)21-13(22)9-14(2,23)15(17)6-7-15/h3*3-5,8,10,23H,6-7,9H2,1-2H3,(H,21,22)/t10-,14?;10-,14+;10-,14-/m000/s1. The van der Waals surface area contributed by atoms with E-state index in [1.165, 1.54) is 57.2 Å². The highest BCUT2D eigenvalue weighted by molar-refractivity contribution is 5.79. The number of nitrogens with one attached hydrogen (secondary N) is 3. The molecule has 6 atom stereocenters. The lowest BCUT2D eigenvalue weighted by molar-refractivity contribution is -0.275. The van der Waals surface area contributed by atoms with E-state index >= 15 is 0 Å². The minimum absolute atomic E-state index is 0.208. The van der Waals surface area contributed by atoms with Gasteiger partial charge >= 0.3 is 19.1 Å². The van der Waals surface area contributed by atoms with Gasteiger partial charge in [0.1, 0.15) is 51.1 Å². The summed E-state index contributed by atoms with van der Waals surface area (Å²) in [5, 5.41) is 37.8. The number of alkyl halides is 12. The Bertz CT molecular complexity index is 2090. The number of carbonyl (C=O) groups is 3. The Labute approximate surface area is 406 Å². The number of hydrogen-bond donors (Lipinski definition) is 6. The van der Waals surface area contributed by atoms with Crippen molar-refractivity contribution in [2.24, 2.45) is 0 Å². The van der Waals surface area contributed by atoms with Gasteiger partial charge in [-0.25, -0.2) is 13.2 Å². The second-order valence-electron chi connectivity index (χ2n) is 19.0. The molecule has 6 rings (SSSR count). The maximum absolute atomic E-state index is 14.0. The highest BCUT2D eigenvalue weighted by Crippen LogP contribution is 2.51. The van der Waals surface area contributed by atoms with E-state index in [2.05, 4.69) is 30.2 Å². The topological polar surface area (TPSA) is 176 Å². The van der Waals surface area contributed by atoms with Crippen LogP contribution in [0.4, 0.5) is 52.7 Å². The fourth-order valence-electron chi connectivity index (χ4n) is 7.43. The number of ether oxygens (including phenoxy) is 3. The molecule has 72 heavy (non-hydrogen) atoms. The lowest BCUT2D eigenvalue weighted by Gasteiger charge is -2.27. The van der Waals surface area contributed by atoms with E-state index in [9.17, 15) is 82.4 Å². The number of rotatable bonds is 18. The van der Waals surface area contributed by atoms with Crippen molar-refractivity contribution in [2.45, 2.75) is 170 Å². The Kier molecular flexibility index (Phi) is 18.0. The average Bonchev–Trinajstić information content (AvgIpc) is 4.15. The van der Waals surface area contributed by atoms with Crippen molar-refractivity contribution in [1.82, 2.24) is 16.0 Å². The van der Waals surface area contributed by atoms with Crippen molar-refractivity contribution in [3.05, 3.63) is 89.5 Å². The van der Waals surface area contributed by atoms with Crippen LogP contribution in [0.25, 0.3) is 0 Å². The zero-order valence-corrected chi connectivity index (χ0v) is 39.9. The quantitative estimate of drug-likeness (QED) is 0.0678. The van der Waals surface area contributed by atoms with Crippen molar-refractivity contribution < 1.29 is 96.6 Å². The van der Waals surface area contributed by atoms with Gasteiger partial charge in [0.2, 0.25) is 17.7 Å². The Morgan fingerprint density at radius 2 is 0.681 bits per heavy atom. The molecule has 0 spiro atoms. The van der Waals surface area contributed by atoms with Gasteiger partial charge in [0.25, 0.3) is 0 Å². The second-order valence-corrected chi connectivity index (χ2v) is 19.0. The summed E-state index contributed by atoms with van der Waals surface area (Å²) < 4.78 is 163. The Morgan fingerprint density at radius 3 is 0.861 bits per heavy atom. The lowest BCUT2D eigenvalue weighted by Crippen LogP contribution is -2.43. The van der Waals surface area contributed by atoms with Gasteiger partial charge in [0.15, 0.2) is 0 Å². The lowest BCUT2D eigenvalue weighted by atomic mass is 9.93. The summed E-state index contributed by atoms with van der Waals surface area (Å²) in [7, 11) is 0. The summed E-state index contributed by atoms with van der Waals surface area (Å²) in [6.45, 7) is 8.51. The molecule has 3 fully saturated rings. The summed E-state index contributed by atoms with van der Waals surface area (Å²) in [5.41, 5.74) is -9.34. The fourth-order valence-corrected chi connectivity index (χ4v) is 7.43. The molecule has 6 N–H and O–H groups in total. The van der Waals surface area contributed by atoms with Crippen LogP contribution in [0.2, 0.25) is 0 Å². The van der Waals surface area contributed by atoms with Gasteiger partial charge in [0, 0.05) is 0 Å². The van der Waals surface area contributed by atoms with E-state index in [0.717, 1.165) is 36.4 Å². The third kappa shape index (κ3) is 17.9. The first-order valence-electron chi connectivity index (χ1n) is 22.4. The molecule has 3 amide bonds. The molecule has 0 aliphatic heterocycles. The Balaban J connectivity index is 0.000000234. The van der Waals surface area contributed by atoms with Crippen molar-refractivity contribution in [1.29, 1.82) is 0 Å². The summed E-state index contributed by atoms with van der Waals surface area (Å²) in [6, 6.07) is 13.8. The number of carbonyl (C=O) groups excluding carboxylic acids is 3. The van der Waals surface area contributed by atoms with Gasteiger partial charge in [-0.15, -0.1) is 39.5 Å². The number of hydrogen-bond acceptors (Lipinski definition) is 9. The molecule has 0 saturated heterocycles. The van der Waals surface area contributed by atoms with Crippen LogP contribution in [0, 0.1) is 0 Å². The minimum Gasteiger partial charge on any atom is -0.406 e. The van der Waals surface area contributed by atoms with Crippen LogP contribution in [0.1, 0.15) is 134 Å². The second kappa shape index (κ2) is 21.9. The molecule has 3 aliphatic carbocycles. The molecule has 402 valence electrons. The third-order valence-corrected chi connectivity index (χ3v) is 12.4. The first kappa shape index (κ1) is 59.1. The van der Waals surface area contributed by atoms with Crippen LogP contribution in [0.5, 0.6) is 17.2 Å². The number of benzene rings is 3. The van der Waals surface area contributed by atoms with Crippen molar-refractivity contribution in [3.8, 4) is 17.2 Å². The van der Waals surface area contributed by atoms with Crippen LogP contribution in [-0.4, -0.2) is 85.9 Å². The van der Waals surface area contributed by atoms with Gasteiger partial charge in [-0.05, 0) is 133 Å². The van der Waals surface area contributed by atoms with E-state index in [1.807, 2.05) is 0 Å². The summed E-state index contributed by atoms with van der Waals surface area (Å²) in [6.07, 6.45) is -14.4. The summed E-state index contributed by atoms with van der Waals surface area (Å²) >= 11 is 0. The molecule has 0 heterocycles. The average molecular weight is 1050 g/mol. The van der Waals surface area contributed by atoms with Gasteiger partial charge in [-0.1, -0.05) is 36.4 Å². The van der Waals surface area contributed by atoms with E-state index in [0.29, 0.717) is 16.7 Å². The van der Waals surface area contributed by atoms with Crippen molar-refractivity contribution in [2.75, 3.05) is 0 Å². The zero-order chi connectivity index (χ0) is 54.5. The van der Waals surface area contributed by atoms with Gasteiger partial charge in [-0.3, -0.25) is 14.4 Å². The molecular formula is C48H57F12N3O9. The van der Waals surface area contributed by atoms with E-state index in [4.69, 9.17) is 0 Å². The van der Waals surface area contributed by atoms with Gasteiger partial charge < -0.3 is 45.5 Å². The van der Waals surface area contributed by atoms with Crippen LogP contribution < -0.4 is 30.2 Å². The molecule has 0 aromatic heterocycles. The van der Waals surface area contributed by atoms with Gasteiger partial charge in [0.05, 0.1) is 37.4 Å². The largest absolute Gasteiger partial charge is 0.573 e. The molecule has 3 aromatic carbocycles. The highest BCUT2D eigenvalue weighted by atomic mass is 19.4. The zero-order valence-electron chi connectivity index (χ0n) is 39.9. The van der Waals surface area contributed by atoms with Crippen LogP contribution in [0.15, 0.2) is 72.8 Å². The molecule has 1 unspecified atom stereocenters. The SMILES string of the molecule is C[C@H](NC(=O)CC(C)(O)C1(F)CC1)c1cccc(OC(F)(F)F)c1.C[C@H](NC(=O)C[C@@](C)(O)C1(F)CC1)c1cccc(OC(F)(F)F)c1.C[C@H](NC(=O)C[C@](C)(O)C1(F)CC1)c1cccc(OC(F)(F)F)c1. The fraction of sp³-hybridized carbons (Fsp3) is 0.562. The third-order valence-electron chi connectivity index (χ3n) is 12.4. The molecule has 0 radical (unpaired) electrons. The number of amides is 3. The molecule has 3 aromatic rings. The molecular weight excluding hydrogens is 991 g/mol. The summed E-state index contributed by atoms with van der Waals surface area (Å²) in [5.74, 6) is -2.94. The molecule has 3 aliphatic rings. The van der Waals surface area contributed by atoms with E-state index in [1.54, 1.807) is 20.8 Å². The predicted octanol–water partition coefficient (Wildman–Crippen LogP) is 10.2. The first-order valence-corrected chi connectivity index (χ1v) is 22.4. The summed E-state index contributed by atoms with van der Waals surface area (Å²) in [4.78, 5) is 35.9. The Morgan fingerprint density at radius 1 is 0.472 bits per heavy atom. The predicted molar refractivity (Wildman–Crippen MR) is 234 cm³/mol. The number of aliphatic hydroxyl groups is 3. The molecule has 12 nitrogen and oxygen atoms in total. The first-order chi connectivity index (χ1) is 32.8. The maximum Gasteiger partial charge on any atom is 0.573 e. The Hall–Kier alpha value is -5.49. The monoisotopic (exact) mass is 1050 g/mol. The van der Waals surface area contributed by atoms with Crippen LogP contribution >= 0.6 is 0 Å².